The van der Waals surface area contributed by atoms with Crippen LogP contribution in [0.1, 0.15) is 63.1 Å². The Morgan fingerprint density at radius 3 is 2.84 bits per heavy atom. The minimum absolute atomic E-state index is 0.122. The minimum Gasteiger partial charge on any atom is -0.393 e. The van der Waals surface area contributed by atoms with Gasteiger partial charge in [0.1, 0.15) is 5.82 Å². The van der Waals surface area contributed by atoms with Crippen molar-refractivity contribution in [2.75, 3.05) is 17.2 Å². The lowest BCUT2D eigenvalue weighted by molar-refractivity contribution is 0.00926. The third-order valence-electron chi connectivity index (χ3n) is 6.72. The molecule has 0 amide bonds. The number of fused-ring (bicyclic) bond motifs is 1. The second-order valence-corrected chi connectivity index (χ2v) is 9.50. The third-order valence-corrected chi connectivity index (χ3v) is 6.72. The van der Waals surface area contributed by atoms with E-state index < -0.39 is 0 Å². The summed E-state index contributed by atoms with van der Waals surface area (Å²) in [6.07, 6.45) is 11.6. The minimum atomic E-state index is -0.265. The summed E-state index contributed by atoms with van der Waals surface area (Å²) >= 11 is 0. The molecule has 0 aliphatic heterocycles. The Labute approximate surface area is 185 Å². The van der Waals surface area contributed by atoms with Crippen molar-refractivity contribution in [2.45, 2.75) is 65.0 Å². The predicted molar refractivity (Wildman–Crippen MR) is 127 cm³/mol. The van der Waals surface area contributed by atoms with Crippen molar-refractivity contribution < 1.29 is 5.11 Å². The lowest BCUT2D eigenvalue weighted by Gasteiger charge is -2.40. The largest absolute Gasteiger partial charge is 0.393 e. The molecule has 1 fully saturated rings. The molecule has 162 valence electrons. The number of aliphatic hydroxyl groups is 1. The second-order valence-electron chi connectivity index (χ2n) is 9.50. The first-order valence-corrected chi connectivity index (χ1v) is 11.2. The Bertz CT molecular complexity index is 1030. The van der Waals surface area contributed by atoms with Gasteiger partial charge in [-0.25, -0.2) is 4.98 Å². The van der Waals surface area contributed by atoms with Crippen molar-refractivity contribution in [1.29, 1.82) is 0 Å². The highest BCUT2D eigenvalue weighted by Gasteiger charge is 2.35. The molecule has 1 heterocycles. The predicted octanol–water partition coefficient (Wildman–Crippen LogP) is 4.64. The van der Waals surface area contributed by atoms with Crippen molar-refractivity contribution in [3.05, 3.63) is 52.7 Å². The van der Waals surface area contributed by atoms with Crippen LogP contribution in [-0.4, -0.2) is 33.8 Å². The Morgan fingerprint density at radius 2 is 2.06 bits per heavy atom. The molecule has 4 rings (SSSR count). The number of anilines is 2. The summed E-state index contributed by atoms with van der Waals surface area (Å²) in [5.41, 5.74) is 6.19. The monoisotopic (exact) mass is 416 g/mol. The Hall–Kier alpha value is -2.84. The van der Waals surface area contributed by atoms with Crippen LogP contribution in [0.25, 0.3) is 5.57 Å². The van der Waals surface area contributed by atoms with Gasteiger partial charge in [0.2, 0.25) is 5.95 Å². The molecule has 0 saturated heterocycles. The maximum atomic E-state index is 10.2. The van der Waals surface area contributed by atoms with E-state index >= 15 is 0 Å². The van der Waals surface area contributed by atoms with Crippen LogP contribution in [0.4, 0.5) is 11.8 Å². The molecule has 5 heteroatoms. The van der Waals surface area contributed by atoms with Gasteiger partial charge in [0, 0.05) is 12.6 Å². The normalized spacial score (nSPS) is 22.0. The molecule has 2 atom stereocenters. The van der Waals surface area contributed by atoms with E-state index in [0.717, 1.165) is 38.6 Å². The molecule has 1 aromatic carbocycles. The van der Waals surface area contributed by atoms with Crippen LogP contribution >= 0.6 is 0 Å². The maximum Gasteiger partial charge on any atom is 0.224 e. The van der Waals surface area contributed by atoms with E-state index in [9.17, 15) is 5.11 Å². The second kappa shape index (κ2) is 8.72. The number of rotatable bonds is 6. The van der Waals surface area contributed by atoms with Crippen molar-refractivity contribution in [3.8, 4) is 12.3 Å². The molecule has 3 N–H and O–H groups in total. The SMILES string of the molecule is C#Cc1cnc(NCCC2=C(C)Cc3ccccc32)nc1N[C@@H]1CC[C@H](O)C(C)(C)C1. The van der Waals surface area contributed by atoms with Crippen LogP contribution in [0.15, 0.2) is 36.0 Å². The molecule has 2 aliphatic rings. The number of aliphatic hydroxyl groups excluding tert-OH is 1. The highest BCUT2D eigenvalue weighted by molar-refractivity contribution is 5.76. The molecule has 5 nitrogen and oxygen atoms in total. The number of benzene rings is 1. The van der Waals surface area contributed by atoms with Gasteiger partial charge in [-0.05, 0) is 61.1 Å². The molecule has 2 aromatic rings. The first-order valence-electron chi connectivity index (χ1n) is 11.2. The Balaban J connectivity index is 1.41. The number of allylic oxidation sites excluding steroid dienone is 1. The number of terminal acetylenes is 1. The van der Waals surface area contributed by atoms with E-state index in [-0.39, 0.29) is 17.6 Å². The summed E-state index contributed by atoms with van der Waals surface area (Å²) in [6, 6.07) is 8.87. The highest BCUT2D eigenvalue weighted by atomic mass is 16.3. The Kier molecular flexibility index (Phi) is 6.02. The van der Waals surface area contributed by atoms with E-state index in [2.05, 4.69) is 71.6 Å². The van der Waals surface area contributed by atoms with Gasteiger partial charge in [0.05, 0.1) is 17.9 Å². The first kappa shape index (κ1) is 21.4. The van der Waals surface area contributed by atoms with Gasteiger partial charge in [-0.1, -0.05) is 49.6 Å². The van der Waals surface area contributed by atoms with E-state index in [1.807, 2.05) is 0 Å². The summed E-state index contributed by atoms with van der Waals surface area (Å²) in [5.74, 6) is 3.97. The van der Waals surface area contributed by atoms with Crippen molar-refractivity contribution in [3.63, 3.8) is 0 Å². The molecule has 0 bridgehead atoms. The maximum absolute atomic E-state index is 10.2. The number of hydrogen-bond donors (Lipinski definition) is 3. The number of nitrogens with one attached hydrogen (secondary N) is 2. The smallest absolute Gasteiger partial charge is 0.224 e. The average molecular weight is 417 g/mol. The van der Waals surface area contributed by atoms with Gasteiger partial charge < -0.3 is 15.7 Å². The number of nitrogens with zero attached hydrogens (tertiary/aromatic N) is 2. The van der Waals surface area contributed by atoms with E-state index in [1.165, 1.54) is 22.3 Å². The molecule has 0 spiro atoms. The summed E-state index contributed by atoms with van der Waals surface area (Å²) in [5, 5.41) is 17.1. The van der Waals surface area contributed by atoms with Crippen LogP contribution in [0.3, 0.4) is 0 Å². The van der Waals surface area contributed by atoms with E-state index in [4.69, 9.17) is 6.42 Å². The zero-order valence-corrected chi connectivity index (χ0v) is 18.7. The van der Waals surface area contributed by atoms with E-state index in [0.29, 0.717) is 17.3 Å². The molecule has 1 aromatic heterocycles. The molecule has 0 radical (unpaired) electrons. The van der Waals surface area contributed by atoms with Gasteiger partial charge in [0.25, 0.3) is 0 Å². The lowest BCUT2D eigenvalue weighted by Crippen LogP contribution is -2.41. The summed E-state index contributed by atoms with van der Waals surface area (Å²) in [6.45, 7) is 7.20. The van der Waals surface area contributed by atoms with Crippen molar-refractivity contribution in [1.82, 2.24) is 9.97 Å². The standard InChI is InChI=1S/C26H32N4O/c1-5-18-16-28-25(30-24(18)29-20-10-11-23(31)26(3,4)15-20)27-13-12-21-17(2)14-19-8-6-7-9-22(19)21/h1,6-9,16,20,23,31H,10-15H2,2-4H3,(H2,27,28,29,30)/t20-,23+/m1/s1. The van der Waals surface area contributed by atoms with Crippen LogP contribution < -0.4 is 10.6 Å². The Morgan fingerprint density at radius 1 is 1.26 bits per heavy atom. The molecular weight excluding hydrogens is 384 g/mol. The fourth-order valence-corrected chi connectivity index (χ4v) is 4.86. The van der Waals surface area contributed by atoms with Crippen LogP contribution in [0, 0.1) is 17.8 Å². The summed E-state index contributed by atoms with van der Waals surface area (Å²) in [7, 11) is 0. The van der Waals surface area contributed by atoms with Crippen LogP contribution in [0.5, 0.6) is 0 Å². The van der Waals surface area contributed by atoms with Crippen LogP contribution in [-0.2, 0) is 6.42 Å². The zero-order valence-electron chi connectivity index (χ0n) is 18.7. The van der Waals surface area contributed by atoms with Crippen molar-refractivity contribution >= 4 is 17.3 Å². The quantitative estimate of drug-likeness (QED) is 0.599. The molecular formula is C26H32N4O. The number of hydrogen-bond acceptors (Lipinski definition) is 5. The first-order chi connectivity index (χ1) is 14.9. The fraction of sp³-hybridized carbons (Fsp3) is 0.462. The summed E-state index contributed by atoms with van der Waals surface area (Å²) in [4.78, 5) is 9.09. The average Bonchev–Trinajstić information content (AvgIpc) is 3.06. The molecule has 31 heavy (non-hydrogen) atoms. The molecule has 0 unspecified atom stereocenters. The third kappa shape index (κ3) is 4.60. The van der Waals surface area contributed by atoms with E-state index in [1.54, 1.807) is 6.20 Å². The summed E-state index contributed by atoms with van der Waals surface area (Å²) < 4.78 is 0. The fourth-order valence-electron chi connectivity index (χ4n) is 4.86. The molecule has 1 saturated carbocycles. The zero-order chi connectivity index (χ0) is 22.0. The van der Waals surface area contributed by atoms with Gasteiger partial charge in [-0.15, -0.1) is 6.42 Å². The number of aromatic nitrogens is 2. The molecule has 2 aliphatic carbocycles. The van der Waals surface area contributed by atoms with Gasteiger partial charge in [-0.2, -0.15) is 4.98 Å². The topological polar surface area (TPSA) is 70.1 Å². The van der Waals surface area contributed by atoms with Crippen molar-refractivity contribution in [2.24, 2.45) is 5.41 Å². The lowest BCUT2D eigenvalue weighted by atomic mass is 9.73. The van der Waals surface area contributed by atoms with Gasteiger partial charge in [0.15, 0.2) is 0 Å². The van der Waals surface area contributed by atoms with Gasteiger partial charge in [-0.3, -0.25) is 0 Å². The highest BCUT2D eigenvalue weighted by Crippen LogP contribution is 2.37. The van der Waals surface area contributed by atoms with Gasteiger partial charge >= 0.3 is 0 Å². The van der Waals surface area contributed by atoms with Crippen LogP contribution in [0.2, 0.25) is 0 Å².